The highest BCUT2D eigenvalue weighted by atomic mass is 16.3. The van der Waals surface area contributed by atoms with Crippen LogP contribution in [0.4, 0.5) is 34.1 Å². The molecule has 12 aromatic carbocycles. The fourth-order valence-electron chi connectivity index (χ4n) is 10.7. The van der Waals surface area contributed by atoms with Crippen molar-refractivity contribution in [1.82, 2.24) is 0 Å². The number of hydrogen-bond acceptors (Lipinski definition) is 4. The number of rotatable bonds is 8. The van der Waals surface area contributed by atoms with Crippen molar-refractivity contribution in [3.63, 3.8) is 0 Å². The summed E-state index contributed by atoms with van der Waals surface area (Å²) in [5.74, 6) is 0. The number of nitrogens with zero attached hydrogens (tertiary/aromatic N) is 2. The highest BCUT2D eigenvalue weighted by Gasteiger charge is 2.27. The monoisotopic (exact) mass is 894 g/mol. The maximum Gasteiger partial charge on any atom is 0.159 e. The molecule has 0 bridgehead atoms. The van der Waals surface area contributed by atoms with Gasteiger partial charge in [-0.15, -0.1) is 0 Å². The van der Waals surface area contributed by atoms with Crippen LogP contribution in [-0.2, 0) is 0 Å². The van der Waals surface area contributed by atoms with Crippen molar-refractivity contribution in [2.45, 2.75) is 0 Å². The molecule has 0 spiro atoms. The fraction of sp³-hybridized carbons (Fsp3) is 0. The van der Waals surface area contributed by atoms with E-state index in [4.69, 9.17) is 8.83 Å². The third-order valence-electron chi connectivity index (χ3n) is 14.0. The van der Waals surface area contributed by atoms with Gasteiger partial charge in [0.05, 0.1) is 28.4 Å². The van der Waals surface area contributed by atoms with E-state index in [0.717, 1.165) is 127 Å². The number of fused-ring (bicyclic) bond motifs is 9. The maximum atomic E-state index is 6.88. The summed E-state index contributed by atoms with van der Waals surface area (Å²) >= 11 is 0. The molecule has 0 atom stereocenters. The molecule has 14 aromatic rings. The van der Waals surface area contributed by atoms with Gasteiger partial charge >= 0.3 is 0 Å². The summed E-state index contributed by atoms with van der Waals surface area (Å²) in [7, 11) is 0. The zero-order chi connectivity index (χ0) is 46.1. The second kappa shape index (κ2) is 16.2. The Morgan fingerprint density at radius 1 is 0.243 bits per heavy atom. The predicted molar refractivity (Wildman–Crippen MR) is 294 cm³/mol. The number of benzene rings is 12. The Hall–Kier alpha value is -9.38. The van der Waals surface area contributed by atoms with Crippen molar-refractivity contribution < 1.29 is 8.83 Å². The molecule has 0 unspecified atom stereocenters. The van der Waals surface area contributed by atoms with Crippen molar-refractivity contribution in [2.75, 3.05) is 9.80 Å². The number of para-hydroxylation sites is 4. The SMILES string of the molecule is c1ccc(-c2cc3cc(N(c4cccc5ccccc45)c4cccc5c4oc4ccccc45)c(-c4ccccc4)cc3cc2N(c2ccc3ccccc3c2)c2cccc3c2oc2ccccc23)cc1. The Bertz CT molecular complexity index is 4320. The summed E-state index contributed by atoms with van der Waals surface area (Å²) in [6, 6.07) is 91.4. The largest absolute Gasteiger partial charge is 0.454 e. The fourth-order valence-corrected chi connectivity index (χ4v) is 10.7. The van der Waals surface area contributed by atoms with E-state index >= 15 is 0 Å². The Labute approximate surface area is 404 Å². The molecule has 0 N–H and O–H groups in total. The third kappa shape index (κ3) is 6.46. The minimum Gasteiger partial charge on any atom is -0.454 e. The van der Waals surface area contributed by atoms with E-state index in [1.54, 1.807) is 0 Å². The molecule has 0 radical (unpaired) electrons. The smallest absolute Gasteiger partial charge is 0.159 e. The minimum absolute atomic E-state index is 0.835. The van der Waals surface area contributed by atoms with Gasteiger partial charge in [0.1, 0.15) is 11.2 Å². The van der Waals surface area contributed by atoms with E-state index in [-0.39, 0.29) is 0 Å². The van der Waals surface area contributed by atoms with Crippen LogP contribution in [0.15, 0.2) is 264 Å². The normalized spacial score (nSPS) is 11.7. The molecule has 0 saturated heterocycles. The van der Waals surface area contributed by atoms with Crippen LogP contribution in [0.25, 0.3) is 98.4 Å². The molecule has 2 aromatic heterocycles. The summed E-state index contributed by atoms with van der Waals surface area (Å²) in [6.45, 7) is 0. The Morgan fingerprint density at radius 2 is 0.686 bits per heavy atom. The average molecular weight is 895 g/mol. The van der Waals surface area contributed by atoms with Crippen LogP contribution >= 0.6 is 0 Å². The lowest BCUT2D eigenvalue weighted by Crippen LogP contribution is -2.13. The van der Waals surface area contributed by atoms with Gasteiger partial charge in [-0.1, -0.05) is 188 Å². The molecule has 0 aliphatic carbocycles. The maximum absolute atomic E-state index is 6.88. The third-order valence-corrected chi connectivity index (χ3v) is 14.0. The molecule has 2 heterocycles. The lowest BCUT2D eigenvalue weighted by molar-refractivity contribution is 0.669. The van der Waals surface area contributed by atoms with Gasteiger partial charge in [0.25, 0.3) is 0 Å². The van der Waals surface area contributed by atoms with Crippen LogP contribution in [0, 0.1) is 0 Å². The van der Waals surface area contributed by atoms with E-state index in [1.807, 2.05) is 12.1 Å². The molecule has 0 fully saturated rings. The number of furan rings is 2. The van der Waals surface area contributed by atoms with Gasteiger partial charge in [0, 0.05) is 43.7 Å². The van der Waals surface area contributed by atoms with E-state index in [9.17, 15) is 0 Å². The van der Waals surface area contributed by atoms with Crippen molar-refractivity contribution in [1.29, 1.82) is 0 Å². The Morgan fingerprint density at radius 3 is 1.30 bits per heavy atom. The van der Waals surface area contributed by atoms with Crippen LogP contribution < -0.4 is 9.80 Å². The van der Waals surface area contributed by atoms with E-state index < -0.39 is 0 Å². The van der Waals surface area contributed by atoms with Gasteiger partial charge in [-0.25, -0.2) is 0 Å². The molecular weight excluding hydrogens is 853 g/mol. The molecule has 70 heavy (non-hydrogen) atoms. The van der Waals surface area contributed by atoms with Crippen molar-refractivity contribution >= 4 is 110 Å². The van der Waals surface area contributed by atoms with Crippen LogP contribution in [0.2, 0.25) is 0 Å². The van der Waals surface area contributed by atoms with Gasteiger partial charge in [0.2, 0.25) is 0 Å². The van der Waals surface area contributed by atoms with Crippen LogP contribution in [-0.4, -0.2) is 0 Å². The van der Waals surface area contributed by atoms with Gasteiger partial charge in [0.15, 0.2) is 11.2 Å². The second-order valence-electron chi connectivity index (χ2n) is 18.0. The first-order valence-electron chi connectivity index (χ1n) is 23.8. The molecule has 0 aliphatic rings. The Balaban J connectivity index is 1.09. The zero-order valence-corrected chi connectivity index (χ0v) is 38.0. The molecule has 14 rings (SSSR count). The second-order valence-corrected chi connectivity index (χ2v) is 18.0. The van der Waals surface area contributed by atoms with Crippen LogP contribution in [0.5, 0.6) is 0 Å². The molecule has 4 heteroatoms. The van der Waals surface area contributed by atoms with Gasteiger partial charge in [-0.2, -0.15) is 0 Å². The zero-order valence-electron chi connectivity index (χ0n) is 38.0. The predicted octanol–water partition coefficient (Wildman–Crippen LogP) is 19.2. The van der Waals surface area contributed by atoms with E-state index in [0.29, 0.717) is 0 Å². The number of anilines is 6. The van der Waals surface area contributed by atoms with Crippen molar-refractivity contribution in [2.24, 2.45) is 0 Å². The Kier molecular flexibility index (Phi) is 9.17. The molecule has 0 aliphatic heterocycles. The molecule has 328 valence electrons. The minimum atomic E-state index is 0.835. The number of hydrogen-bond donors (Lipinski definition) is 0. The van der Waals surface area contributed by atoms with Gasteiger partial charge < -0.3 is 18.6 Å². The van der Waals surface area contributed by atoms with Gasteiger partial charge in [-0.05, 0) is 105 Å². The lowest BCUT2D eigenvalue weighted by Gasteiger charge is -2.31. The van der Waals surface area contributed by atoms with Crippen LogP contribution in [0.3, 0.4) is 0 Å². The average Bonchev–Trinajstić information content (AvgIpc) is 4.01. The highest BCUT2D eigenvalue weighted by molar-refractivity contribution is 6.15. The van der Waals surface area contributed by atoms with E-state index in [1.165, 1.54) is 5.39 Å². The first-order valence-corrected chi connectivity index (χ1v) is 23.8. The summed E-state index contributed by atoms with van der Waals surface area (Å²) in [6.07, 6.45) is 0. The first-order chi connectivity index (χ1) is 34.7. The highest BCUT2D eigenvalue weighted by Crippen LogP contribution is 2.51. The first kappa shape index (κ1) is 39.8. The van der Waals surface area contributed by atoms with Crippen molar-refractivity contribution in [3.8, 4) is 22.3 Å². The lowest BCUT2D eigenvalue weighted by atomic mass is 9.93. The van der Waals surface area contributed by atoms with E-state index in [2.05, 4.69) is 252 Å². The van der Waals surface area contributed by atoms with Crippen LogP contribution in [0.1, 0.15) is 0 Å². The van der Waals surface area contributed by atoms with Gasteiger partial charge in [-0.3, -0.25) is 0 Å². The molecule has 4 nitrogen and oxygen atoms in total. The molecule has 0 amide bonds. The summed E-state index contributed by atoms with van der Waals surface area (Å²) in [4.78, 5) is 4.83. The quantitative estimate of drug-likeness (QED) is 0.152. The van der Waals surface area contributed by atoms with Crippen molar-refractivity contribution in [3.05, 3.63) is 255 Å². The molecular formula is C66H42N2O2. The molecule has 0 saturated carbocycles. The topological polar surface area (TPSA) is 32.8 Å². The standard InChI is InChI=1S/C66H42N2O2/c1-3-19-45(20-4-1)56-39-49-42-62(68(58-31-15-25-44-23-9-10-26-51(44)58)60-33-17-30-55-53-28-12-14-35-64(53)70-66(55)60)57(46-21-5-2-6-22-46)40-48(49)41-61(56)67(50-37-36-43-18-7-8-24-47(43)38-50)59-32-16-29-54-52-27-11-13-34-63(52)69-65(54)59/h1-42H. The summed E-state index contributed by atoms with van der Waals surface area (Å²) < 4.78 is 13.7. The summed E-state index contributed by atoms with van der Waals surface area (Å²) in [5, 5.41) is 11.2. The summed E-state index contributed by atoms with van der Waals surface area (Å²) in [5.41, 5.74) is 13.9.